The van der Waals surface area contributed by atoms with Gasteiger partial charge in [0, 0.05) is 31.4 Å². The number of guanidine groups is 1. The predicted octanol–water partition coefficient (Wildman–Crippen LogP) is 3.12. The molecule has 0 amide bonds. The monoisotopic (exact) mass is 510 g/mol. The third-order valence-corrected chi connectivity index (χ3v) is 5.41. The zero-order chi connectivity index (χ0) is 18.8. The highest BCUT2D eigenvalue weighted by atomic mass is 127. The van der Waals surface area contributed by atoms with E-state index in [0.29, 0.717) is 11.8 Å². The minimum atomic E-state index is -0.205. The average Bonchev–Trinajstić information content (AvgIpc) is 2.68. The van der Waals surface area contributed by atoms with E-state index in [-0.39, 0.29) is 35.8 Å². The summed E-state index contributed by atoms with van der Waals surface area (Å²) >= 11 is 1.81. The molecule has 0 radical (unpaired) electrons. The summed E-state index contributed by atoms with van der Waals surface area (Å²) in [6, 6.07) is 6.96. The summed E-state index contributed by atoms with van der Waals surface area (Å²) in [6.45, 7) is 9.76. The number of morpholine rings is 1. The van der Waals surface area contributed by atoms with Gasteiger partial charge in [0.15, 0.2) is 5.96 Å². The van der Waals surface area contributed by atoms with Gasteiger partial charge < -0.3 is 15.4 Å². The van der Waals surface area contributed by atoms with E-state index < -0.39 is 0 Å². The van der Waals surface area contributed by atoms with Crippen molar-refractivity contribution in [3.05, 3.63) is 35.6 Å². The highest BCUT2D eigenvalue weighted by molar-refractivity contribution is 14.0. The summed E-state index contributed by atoms with van der Waals surface area (Å²) in [4.78, 5) is 7.07. The van der Waals surface area contributed by atoms with E-state index >= 15 is 0 Å². The maximum Gasteiger partial charge on any atom is 0.191 e. The molecule has 0 saturated carbocycles. The lowest BCUT2D eigenvalue weighted by Crippen LogP contribution is -2.46. The average molecular weight is 510 g/mol. The van der Waals surface area contributed by atoms with Gasteiger partial charge in [-0.2, -0.15) is 11.8 Å². The molecular formula is C19H32FIN4OS. The molecule has 2 N–H and O–H groups in total. The summed E-state index contributed by atoms with van der Waals surface area (Å²) in [5, 5.41) is 7.26. The highest BCUT2D eigenvalue weighted by Gasteiger charge is 2.23. The summed E-state index contributed by atoms with van der Waals surface area (Å²) in [5.41, 5.74) is 1.11. The van der Waals surface area contributed by atoms with Crippen molar-refractivity contribution in [2.75, 3.05) is 52.2 Å². The lowest BCUT2D eigenvalue weighted by molar-refractivity contribution is 0.0170. The normalized spacial score (nSPS) is 17.7. The maximum atomic E-state index is 13.3. The lowest BCUT2D eigenvalue weighted by Gasteiger charge is -2.35. The van der Waals surface area contributed by atoms with Crippen LogP contribution in [0.5, 0.6) is 0 Å². The van der Waals surface area contributed by atoms with Crippen molar-refractivity contribution >= 4 is 41.7 Å². The van der Waals surface area contributed by atoms with Gasteiger partial charge in [0.2, 0.25) is 0 Å². The van der Waals surface area contributed by atoms with E-state index in [0.717, 1.165) is 50.9 Å². The van der Waals surface area contributed by atoms with E-state index in [1.807, 2.05) is 23.9 Å². The molecule has 1 aliphatic heterocycles. The Morgan fingerprint density at radius 1 is 1.26 bits per heavy atom. The minimum Gasteiger partial charge on any atom is -0.379 e. The molecule has 27 heavy (non-hydrogen) atoms. The van der Waals surface area contributed by atoms with Gasteiger partial charge in [-0.3, -0.25) is 9.89 Å². The summed E-state index contributed by atoms with van der Waals surface area (Å²) in [7, 11) is 0. The number of hydrogen-bond acceptors (Lipinski definition) is 4. The maximum absolute atomic E-state index is 13.3. The fourth-order valence-corrected chi connectivity index (χ4v) is 3.08. The molecule has 1 fully saturated rings. The van der Waals surface area contributed by atoms with Crippen LogP contribution < -0.4 is 10.6 Å². The molecule has 0 spiro atoms. The topological polar surface area (TPSA) is 48.9 Å². The number of nitrogens with one attached hydrogen (secondary N) is 2. The Kier molecular flexibility index (Phi) is 12.3. The molecule has 2 atom stereocenters. The molecular weight excluding hydrogens is 478 g/mol. The fourth-order valence-electron chi connectivity index (χ4n) is 2.86. The first kappa shape index (κ1) is 24.5. The molecule has 5 nitrogen and oxygen atoms in total. The molecule has 0 aliphatic carbocycles. The predicted molar refractivity (Wildman–Crippen MR) is 124 cm³/mol. The fraction of sp³-hybridized carbons (Fsp3) is 0.632. The Morgan fingerprint density at radius 2 is 1.93 bits per heavy atom. The number of hydrogen-bond donors (Lipinski definition) is 2. The molecule has 1 heterocycles. The second kappa shape index (κ2) is 13.6. The Hall–Kier alpha value is -0.580. The number of thioether (sulfide) groups is 1. The van der Waals surface area contributed by atoms with Crippen molar-refractivity contribution in [1.29, 1.82) is 0 Å². The van der Waals surface area contributed by atoms with Gasteiger partial charge >= 0.3 is 0 Å². The van der Waals surface area contributed by atoms with Gasteiger partial charge in [0.25, 0.3) is 0 Å². The summed E-state index contributed by atoms with van der Waals surface area (Å²) < 4.78 is 18.8. The van der Waals surface area contributed by atoms with Crippen molar-refractivity contribution in [3.63, 3.8) is 0 Å². The van der Waals surface area contributed by atoms with Crippen LogP contribution in [0.2, 0.25) is 0 Å². The van der Waals surface area contributed by atoms with Gasteiger partial charge in [-0.05, 0) is 30.9 Å². The number of ether oxygens (including phenoxy) is 1. The van der Waals surface area contributed by atoms with Crippen LogP contribution in [-0.4, -0.2) is 68.3 Å². The van der Waals surface area contributed by atoms with Crippen LogP contribution in [0.1, 0.15) is 25.5 Å². The SMILES string of the molecule is CCNC(=NCC(C)SC)NCC(c1ccc(F)cc1)N1CCOCC1.I. The standard InChI is InChI=1S/C19H31FN4OS.HI/c1-4-21-19(22-13-15(2)26-3)23-14-18(24-9-11-25-12-10-24)16-5-7-17(20)8-6-16;/h5-8,15,18H,4,9-14H2,1-3H3,(H2,21,22,23);1H. The number of rotatable bonds is 8. The van der Waals surface area contributed by atoms with Gasteiger partial charge in [0.05, 0.1) is 25.8 Å². The third kappa shape index (κ3) is 8.53. The molecule has 2 rings (SSSR count). The zero-order valence-corrected chi connectivity index (χ0v) is 19.6. The van der Waals surface area contributed by atoms with Crippen molar-refractivity contribution < 1.29 is 9.13 Å². The first-order valence-corrected chi connectivity index (χ1v) is 10.5. The van der Waals surface area contributed by atoms with Crippen molar-refractivity contribution in [2.45, 2.75) is 25.1 Å². The molecule has 1 saturated heterocycles. The van der Waals surface area contributed by atoms with Crippen molar-refractivity contribution in [1.82, 2.24) is 15.5 Å². The van der Waals surface area contributed by atoms with E-state index in [9.17, 15) is 4.39 Å². The highest BCUT2D eigenvalue weighted by Crippen LogP contribution is 2.21. The molecule has 154 valence electrons. The Labute approximate surface area is 183 Å². The largest absolute Gasteiger partial charge is 0.379 e. The molecule has 1 aliphatic rings. The number of nitrogens with zero attached hydrogens (tertiary/aromatic N) is 2. The van der Waals surface area contributed by atoms with Crippen LogP contribution in [0, 0.1) is 5.82 Å². The molecule has 0 aromatic heterocycles. The number of halogens is 2. The van der Waals surface area contributed by atoms with E-state index in [4.69, 9.17) is 4.74 Å². The van der Waals surface area contributed by atoms with E-state index in [1.165, 1.54) is 12.1 Å². The van der Waals surface area contributed by atoms with Gasteiger partial charge in [0.1, 0.15) is 5.82 Å². The van der Waals surface area contributed by atoms with Gasteiger partial charge in [-0.25, -0.2) is 4.39 Å². The molecule has 1 aromatic rings. The number of benzene rings is 1. The second-order valence-corrected chi connectivity index (χ2v) is 7.64. The van der Waals surface area contributed by atoms with Crippen LogP contribution in [0.4, 0.5) is 4.39 Å². The first-order valence-electron chi connectivity index (χ1n) is 9.26. The minimum absolute atomic E-state index is 0. The molecule has 1 aromatic carbocycles. The van der Waals surface area contributed by atoms with Crippen LogP contribution in [-0.2, 0) is 4.74 Å². The van der Waals surface area contributed by atoms with Crippen LogP contribution in [0.25, 0.3) is 0 Å². The van der Waals surface area contributed by atoms with E-state index in [2.05, 4.69) is 40.6 Å². The van der Waals surface area contributed by atoms with Crippen LogP contribution in [0.15, 0.2) is 29.3 Å². The molecule has 0 bridgehead atoms. The van der Waals surface area contributed by atoms with E-state index in [1.54, 1.807) is 0 Å². The number of aliphatic imine (C=N–C) groups is 1. The summed E-state index contributed by atoms with van der Waals surface area (Å²) in [6.07, 6.45) is 2.10. The second-order valence-electron chi connectivity index (χ2n) is 6.36. The van der Waals surface area contributed by atoms with Gasteiger partial charge in [-0.1, -0.05) is 19.1 Å². The van der Waals surface area contributed by atoms with Crippen molar-refractivity contribution in [2.24, 2.45) is 4.99 Å². The summed E-state index contributed by atoms with van der Waals surface area (Å²) in [5.74, 6) is 0.622. The first-order chi connectivity index (χ1) is 12.6. The van der Waals surface area contributed by atoms with Crippen LogP contribution >= 0.6 is 35.7 Å². The van der Waals surface area contributed by atoms with Crippen molar-refractivity contribution in [3.8, 4) is 0 Å². The Morgan fingerprint density at radius 3 is 2.52 bits per heavy atom. The lowest BCUT2D eigenvalue weighted by atomic mass is 10.0. The quantitative estimate of drug-likeness (QED) is 0.320. The van der Waals surface area contributed by atoms with Crippen LogP contribution in [0.3, 0.4) is 0 Å². The third-order valence-electron chi connectivity index (χ3n) is 4.46. The Bertz CT molecular complexity index is 555. The smallest absolute Gasteiger partial charge is 0.191 e. The Balaban J connectivity index is 0.00000364. The zero-order valence-electron chi connectivity index (χ0n) is 16.4. The van der Waals surface area contributed by atoms with Gasteiger partial charge in [-0.15, -0.1) is 24.0 Å². The molecule has 8 heteroatoms. The molecule has 2 unspecified atom stereocenters.